The molecule has 0 atom stereocenters. The van der Waals surface area contributed by atoms with Crippen LogP contribution in [0.3, 0.4) is 0 Å². The Labute approximate surface area is 165 Å². The fraction of sp³-hybridized carbons (Fsp3) is 0.105. The highest BCUT2D eigenvalue weighted by Gasteiger charge is 2.22. The van der Waals surface area contributed by atoms with Crippen LogP contribution in [0.1, 0.15) is 23.1 Å². The van der Waals surface area contributed by atoms with Gasteiger partial charge >= 0.3 is 0 Å². The summed E-state index contributed by atoms with van der Waals surface area (Å²) in [5.74, 6) is 0.333. The van der Waals surface area contributed by atoms with Gasteiger partial charge in [0.25, 0.3) is 0 Å². The Morgan fingerprint density at radius 1 is 1.15 bits per heavy atom. The maximum Gasteiger partial charge on any atom is 0.221 e. The number of nitrogens with two attached hydrogens (primary N) is 2. The number of anilines is 1. The molecule has 0 radical (unpaired) electrons. The van der Waals surface area contributed by atoms with Crippen LogP contribution in [0.25, 0.3) is 11.3 Å². The van der Waals surface area contributed by atoms with Crippen molar-refractivity contribution in [2.75, 3.05) is 5.73 Å². The third-order valence-corrected chi connectivity index (χ3v) is 4.93. The molecule has 0 saturated heterocycles. The van der Waals surface area contributed by atoms with Crippen LogP contribution in [0.15, 0.2) is 47.7 Å². The van der Waals surface area contributed by atoms with Gasteiger partial charge < -0.3 is 11.5 Å². The van der Waals surface area contributed by atoms with Crippen LogP contribution in [0.4, 0.5) is 5.95 Å². The predicted octanol–water partition coefficient (Wildman–Crippen LogP) is 3.92. The number of hydrogen-bond donors (Lipinski definition) is 3. The monoisotopic (exact) mass is 398 g/mol. The first kappa shape index (κ1) is 17.6. The lowest BCUT2D eigenvalue weighted by Crippen LogP contribution is -2.13. The molecule has 8 heteroatoms. The summed E-state index contributed by atoms with van der Waals surface area (Å²) in [6.07, 6.45) is 3.28. The molecule has 0 fully saturated rings. The van der Waals surface area contributed by atoms with E-state index < -0.39 is 0 Å². The molecule has 0 bridgehead atoms. The normalized spacial score (nSPS) is 14.5. The van der Waals surface area contributed by atoms with Gasteiger partial charge in [-0.25, -0.2) is 9.66 Å². The van der Waals surface area contributed by atoms with Crippen LogP contribution in [-0.2, 0) is 6.42 Å². The zero-order valence-electron chi connectivity index (χ0n) is 14.2. The van der Waals surface area contributed by atoms with Crippen molar-refractivity contribution in [2.45, 2.75) is 12.8 Å². The zero-order valence-corrected chi connectivity index (χ0v) is 15.7. The molecule has 0 spiro atoms. The third-order valence-electron chi connectivity index (χ3n) is 4.49. The van der Waals surface area contributed by atoms with E-state index in [0.29, 0.717) is 15.7 Å². The molecule has 1 aliphatic rings. The summed E-state index contributed by atoms with van der Waals surface area (Å²) in [5, 5.41) is 13.5. The summed E-state index contributed by atoms with van der Waals surface area (Å²) in [4.78, 5) is 4.37. The Balaban J connectivity index is 1.74. The molecular formula is C19H16Cl2N6. The number of nitrogens with zero attached hydrogens (tertiary/aromatic N) is 3. The lowest BCUT2D eigenvalue weighted by Gasteiger charge is -2.06. The van der Waals surface area contributed by atoms with Crippen LogP contribution in [-0.4, -0.2) is 21.2 Å². The van der Waals surface area contributed by atoms with Crippen molar-refractivity contribution >= 4 is 40.7 Å². The Morgan fingerprint density at radius 3 is 2.59 bits per heavy atom. The number of benzene rings is 2. The molecule has 0 amide bonds. The number of halogens is 2. The molecule has 1 aromatic heterocycles. The second-order valence-corrected chi connectivity index (χ2v) is 7.15. The number of amidine groups is 1. The van der Waals surface area contributed by atoms with Crippen molar-refractivity contribution in [2.24, 2.45) is 10.8 Å². The highest BCUT2D eigenvalue weighted by molar-refractivity contribution is 6.35. The van der Waals surface area contributed by atoms with Gasteiger partial charge in [0.05, 0.1) is 17.6 Å². The fourth-order valence-electron chi connectivity index (χ4n) is 3.30. The van der Waals surface area contributed by atoms with Crippen molar-refractivity contribution in [3.63, 3.8) is 0 Å². The molecule has 2 aromatic carbocycles. The number of nitrogens with one attached hydrogen (secondary N) is 1. The smallest absolute Gasteiger partial charge is 0.221 e. The summed E-state index contributed by atoms with van der Waals surface area (Å²) in [7, 11) is 0. The van der Waals surface area contributed by atoms with Crippen molar-refractivity contribution in [1.29, 1.82) is 5.41 Å². The molecular weight excluding hydrogens is 383 g/mol. The van der Waals surface area contributed by atoms with Crippen LogP contribution >= 0.6 is 23.2 Å². The van der Waals surface area contributed by atoms with Crippen molar-refractivity contribution < 1.29 is 0 Å². The van der Waals surface area contributed by atoms with Crippen LogP contribution in [0.2, 0.25) is 10.0 Å². The quantitative estimate of drug-likeness (QED) is 0.459. The summed E-state index contributed by atoms with van der Waals surface area (Å²) in [5.41, 5.74) is 16.8. The lowest BCUT2D eigenvalue weighted by atomic mass is 10.0. The van der Waals surface area contributed by atoms with Gasteiger partial charge in [-0.15, -0.1) is 0 Å². The molecule has 0 aliphatic heterocycles. The third kappa shape index (κ3) is 3.29. The SMILES string of the molecule is N=C(N)c1cccc2c1CCC2=Nn1cc(-c2cc(Cl)cc(Cl)c2)nc1N. The predicted molar refractivity (Wildman–Crippen MR) is 110 cm³/mol. The summed E-state index contributed by atoms with van der Waals surface area (Å²) < 4.78 is 1.55. The topological polar surface area (TPSA) is 106 Å². The molecule has 3 aromatic rings. The Kier molecular flexibility index (Phi) is 4.37. The van der Waals surface area contributed by atoms with E-state index in [2.05, 4.69) is 10.1 Å². The molecule has 6 nitrogen and oxygen atoms in total. The molecule has 0 unspecified atom stereocenters. The first-order valence-corrected chi connectivity index (χ1v) is 9.04. The maximum atomic E-state index is 7.74. The van der Waals surface area contributed by atoms with Crippen LogP contribution in [0, 0.1) is 5.41 Å². The van der Waals surface area contributed by atoms with Gasteiger partial charge in [0.15, 0.2) is 0 Å². The van der Waals surface area contributed by atoms with E-state index in [9.17, 15) is 0 Å². The molecule has 1 aliphatic carbocycles. The van der Waals surface area contributed by atoms with Gasteiger partial charge in [-0.05, 0) is 36.6 Å². The number of nitrogen functional groups attached to an aromatic ring is 2. The first-order valence-electron chi connectivity index (χ1n) is 8.28. The second-order valence-electron chi connectivity index (χ2n) is 6.28. The highest BCUT2D eigenvalue weighted by Crippen LogP contribution is 2.29. The minimum Gasteiger partial charge on any atom is -0.384 e. The average molecular weight is 399 g/mol. The Morgan fingerprint density at radius 2 is 1.89 bits per heavy atom. The second kappa shape index (κ2) is 6.72. The van der Waals surface area contributed by atoms with Crippen molar-refractivity contribution in [1.82, 2.24) is 9.66 Å². The van der Waals surface area contributed by atoms with Crippen LogP contribution < -0.4 is 11.5 Å². The standard InChI is InChI=1S/C19H16Cl2N6/c20-11-6-10(7-12(21)8-11)17-9-27(19(24)25-17)26-16-5-4-13-14(16)2-1-3-15(13)18(22)23/h1-3,6-9H,4-5H2,(H3,22,23)(H2,24,25). The van der Waals surface area contributed by atoms with E-state index in [-0.39, 0.29) is 11.8 Å². The summed E-state index contributed by atoms with van der Waals surface area (Å²) >= 11 is 12.2. The Bertz CT molecular complexity index is 1080. The number of rotatable bonds is 3. The average Bonchev–Trinajstić information content (AvgIpc) is 3.18. The summed E-state index contributed by atoms with van der Waals surface area (Å²) in [6.45, 7) is 0. The van der Waals surface area contributed by atoms with Crippen LogP contribution in [0.5, 0.6) is 0 Å². The molecule has 4 rings (SSSR count). The molecule has 1 heterocycles. The largest absolute Gasteiger partial charge is 0.384 e. The minimum atomic E-state index is 0.0652. The van der Waals surface area contributed by atoms with E-state index in [4.69, 9.17) is 40.1 Å². The summed E-state index contributed by atoms with van der Waals surface area (Å²) in [6, 6.07) is 10.9. The molecule has 5 N–H and O–H groups in total. The number of hydrogen-bond acceptors (Lipinski definition) is 4. The van der Waals surface area contributed by atoms with Crippen molar-refractivity contribution in [3.05, 3.63) is 69.3 Å². The van der Waals surface area contributed by atoms with E-state index in [0.717, 1.165) is 40.8 Å². The molecule has 27 heavy (non-hydrogen) atoms. The van der Waals surface area contributed by atoms with E-state index in [1.165, 1.54) is 0 Å². The fourth-order valence-corrected chi connectivity index (χ4v) is 3.82. The lowest BCUT2D eigenvalue weighted by molar-refractivity contribution is 0.883. The number of aromatic nitrogens is 2. The van der Waals surface area contributed by atoms with Gasteiger partial charge in [-0.2, -0.15) is 5.10 Å². The number of imidazole rings is 1. The van der Waals surface area contributed by atoms with E-state index >= 15 is 0 Å². The van der Waals surface area contributed by atoms with E-state index in [1.807, 2.05) is 18.2 Å². The number of fused-ring (bicyclic) bond motifs is 1. The van der Waals surface area contributed by atoms with E-state index in [1.54, 1.807) is 29.1 Å². The Hall–Kier alpha value is -2.83. The zero-order chi connectivity index (χ0) is 19.1. The van der Waals surface area contributed by atoms with Gasteiger partial charge in [0.1, 0.15) is 5.84 Å². The van der Waals surface area contributed by atoms with Crippen molar-refractivity contribution in [3.8, 4) is 11.3 Å². The van der Waals surface area contributed by atoms with Gasteiger partial charge in [0.2, 0.25) is 5.95 Å². The minimum absolute atomic E-state index is 0.0652. The maximum absolute atomic E-state index is 7.74. The van der Waals surface area contributed by atoms with Gasteiger partial charge in [0, 0.05) is 26.7 Å². The highest BCUT2D eigenvalue weighted by atomic mass is 35.5. The molecule has 0 saturated carbocycles. The van der Waals surface area contributed by atoms with Gasteiger partial charge in [-0.1, -0.05) is 41.4 Å². The molecule has 136 valence electrons. The first-order chi connectivity index (χ1) is 12.9. The van der Waals surface area contributed by atoms with Gasteiger partial charge in [-0.3, -0.25) is 5.41 Å².